The molecule has 0 bridgehead atoms. The number of nitrogens with one attached hydrogen (secondary N) is 6. The van der Waals surface area contributed by atoms with Crippen molar-refractivity contribution >= 4 is 56.6 Å². The lowest BCUT2D eigenvalue weighted by Gasteiger charge is -2.23. The molecule has 0 fully saturated rings. The van der Waals surface area contributed by atoms with Crippen molar-refractivity contribution in [2.75, 3.05) is 34.4 Å². The second kappa shape index (κ2) is 28.3. The van der Waals surface area contributed by atoms with E-state index in [4.69, 9.17) is 20.4 Å². The number of anilines is 4. The van der Waals surface area contributed by atoms with Crippen LogP contribution in [0.4, 0.5) is 23.0 Å². The first-order valence-corrected chi connectivity index (χ1v) is 26.8. The van der Waals surface area contributed by atoms with E-state index in [0.29, 0.717) is 147 Å². The summed E-state index contributed by atoms with van der Waals surface area (Å²) < 4.78 is 3.22. The number of hydrogen-bond acceptors (Lipinski definition) is 18. The Balaban J connectivity index is 0.000000234. The summed E-state index contributed by atoms with van der Waals surface area (Å²) in [6.45, 7) is 12.2. The predicted molar refractivity (Wildman–Crippen MR) is 310 cm³/mol. The highest BCUT2D eigenvalue weighted by Crippen LogP contribution is 2.30. The number of aromatic nitrogens is 8. The second-order valence-electron chi connectivity index (χ2n) is 19.1. The number of hydrogen-bond donors (Lipinski definition) is 8. The molecule has 4 heterocycles. The number of aryl methyl sites for hydroxylation is 4. The van der Waals surface area contributed by atoms with Crippen LogP contribution in [-0.2, 0) is 9.59 Å². The van der Waals surface area contributed by atoms with Gasteiger partial charge in [-0.25, -0.2) is 40.9 Å². The van der Waals surface area contributed by atoms with Crippen LogP contribution in [0.1, 0.15) is 130 Å². The Kier molecular flexibility index (Phi) is 20.6. The Bertz CT molecular complexity index is 3730. The van der Waals surface area contributed by atoms with Gasteiger partial charge in [-0.3, -0.25) is 38.7 Å². The molecule has 0 spiro atoms. The third kappa shape index (κ3) is 14.4. The molecule has 0 aliphatic heterocycles. The number of nitrogens with zero attached hydrogens (tertiary/aromatic N) is 10. The van der Waals surface area contributed by atoms with Gasteiger partial charge in [0.1, 0.15) is 58.2 Å². The lowest BCUT2D eigenvalue weighted by molar-refractivity contribution is -0.129. The summed E-state index contributed by atoms with van der Waals surface area (Å²) in [4.78, 5) is 78.4. The molecule has 22 nitrogen and oxygen atoms in total. The molecule has 0 radical (unpaired) electrons. The lowest BCUT2D eigenvalue weighted by Crippen LogP contribution is -2.29. The number of nitriles is 2. The zero-order chi connectivity index (χ0) is 58.0. The van der Waals surface area contributed by atoms with E-state index >= 15 is 0 Å². The highest BCUT2D eigenvalue weighted by atomic mass is 16.5. The van der Waals surface area contributed by atoms with Crippen molar-refractivity contribution in [3.05, 3.63) is 164 Å². The van der Waals surface area contributed by atoms with Crippen LogP contribution in [0.2, 0.25) is 0 Å². The fraction of sp³-hybridized carbons (Fsp3) is 0.322. The molecule has 418 valence electrons. The maximum Gasteiger partial charge on any atom is 0.268 e. The molecule has 8 rings (SSSR count). The smallest absolute Gasteiger partial charge is 0.268 e. The average Bonchev–Trinajstić information content (AvgIpc) is 3.67. The highest BCUT2D eigenvalue weighted by molar-refractivity contribution is 5.92. The van der Waals surface area contributed by atoms with Crippen molar-refractivity contribution in [1.29, 1.82) is 10.5 Å². The molecule has 0 unspecified atom stereocenters. The van der Waals surface area contributed by atoms with Crippen molar-refractivity contribution in [1.82, 2.24) is 50.0 Å². The number of benzene rings is 4. The van der Waals surface area contributed by atoms with Gasteiger partial charge in [-0.2, -0.15) is 10.5 Å². The standard InChI is InChI=1S/C30H34N8O3.C29H32N8O3/c1-4-23(35-28-22(18-31)19(2)33-20(3)34-28)29-36-25-15-11-14-24(32-17-10-6-9-16-26(39)37-41)27(25)30(40)38(29)21-12-7-5-8-13-21;1-4-22(34-27-21(17-30)18(2)32-19(3)33-27)28-35-24-14-10-13-23(31-16-9-8-15-25(38)36-40)26(24)29(39)37(28)20-11-6-5-7-12-20/h5,7-8,11-15,23,32,41H,4,6,9-10,16-17H2,1-3H3,(H,37,39)(H,33,34,35);5-7,10-14,22,31,40H,4,8-9,15-16H2,1-3H3,(H,36,38)(H,32,33,34)/t23-;22-/m00/s1. The minimum atomic E-state index is -0.438. The molecule has 4 aromatic heterocycles. The number of fused-ring (bicyclic) bond motifs is 2. The van der Waals surface area contributed by atoms with Crippen molar-refractivity contribution < 1.29 is 20.0 Å². The predicted octanol–water partition coefficient (Wildman–Crippen LogP) is 9.02. The minimum Gasteiger partial charge on any atom is -0.384 e. The van der Waals surface area contributed by atoms with E-state index < -0.39 is 23.9 Å². The lowest BCUT2D eigenvalue weighted by atomic mass is 10.1. The van der Waals surface area contributed by atoms with E-state index in [2.05, 4.69) is 53.3 Å². The molecule has 0 aliphatic carbocycles. The summed E-state index contributed by atoms with van der Waals surface area (Å²) in [7, 11) is 0. The van der Waals surface area contributed by atoms with E-state index in [1.54, 1.807) is 53.9 Å². The summed E-state index contributed by atoms with van der Waals surface area (Å²) in [5, 5.41) is 51.2. The monoisotopic (exact) mass is 1090 g/mol. The fourth-order valence-electron chi connectivity index (χ4n) is 9.40. The molecule has 81 heavy (non-hydrogen) atoms. The van der Waals surface area contributed by atoms with Crippen LogP contribution in [0.3, 0.4) is 0 Å². The highest BCUT2D eigenvalue weighted by Gasteiger charge is 2.26. The van der Waals surface area contributed by atoms with E-state index in [9.17, 15) is 29.7 Å². The normalized spacial score (nSPS) is 11.6. The largest absolute Gasteiger partial charge is 0.384 e. The van der Waals surface area contributed by atoms with Crippen molar-refractivity contribution in [3.8, 4) is 23.5 Å². The molecular formula is C59H66N16O6. The van der Waals surface area contributed by atoms with Gasteiger partial charge in [0, 0.05) is 37.3 Å². The Hall–Kier alpha value is -9.64. The van der Waals surface area contributed by atoms with Gasteiger partial charge in [0.15, 0.2) is 0 Å². The van der Waals surface area contributed by atoms with Crippen molar-refractivity contribution in [2.24, 2.45) is 0 Å². The molecule has 22 heteroatoms. The minimum absolute atomic E-state index is 0.212. The summed E-state index contributed by atoms with van der Waals surface area (Å²) in [5.74, 6) is 2.06. The third-order valence-corrected chi connectivity index (χ3v) is 13.4. The number of carbonyl (C=O) groups is 2. The van der Waals surface area contributed by atoms with Crippen LogP contribution in [0.15, 0.2) is 107 Å². The number of unbranched alkanes of at least 4 members (excludes halogenated alkanes) is 3. The van der Waals surface area contributed by atoms with Crippen LogP contribution >= 0.6 is 0 Å². The second-order valence-corrected chi connectivity index (χ2v) is 19.1. The Morgan fingerprint density at radius 1 is 0.531 bits per heavy atom. The zero-order valence-electron chi connectivity index (χ0n) is 46.2. The van der Waals surface area contributed by atoms with Crippen LogP contribution in [0, 0.1) is 50.4 Å². The molecule has 4 aromatic carbocycles. The van der Waals surface area contributed by atoms with Gasteiger partial charge >= 0.3 is 0 Å². The third-order valence-electron chi connectivity index (χ3n) is 13.4. The summed E-state index contributed by atoms with van der Waals surface area (Å²) in [5.41, 5.74) is 8.44. The SMILES string of the molecule is CC[C@H](Nc1nc(C)nc(C)c1C#N)c1nc2cccc(NCCCCC(=O)NO)c2c(=O)n1-c1ccccc1.CC[C@H](Nc1nc(C)nc(C)c1C#N)c1nc2cccc(NCCCCCC(=O)NO)c2c(=O)n1-c1ccccc1. The maximum absolute atomic E-state index is 14.2. The van der Waals surface area contributed by atoms with E-state index in [-0.39, 0.29) is 24.0 Å². The van der Waals surface area contributed by atoms with Gasteiger partial charge in [0.05, 0.1) is 56.7 Å². The quantitative estimate of drug-likeness (QED) is 0.0168. The molecule has 2 amide bonds. The van der Waals surface area contributed by atoms with Crippen LogP contribution in [-0.4, -0.2) is 74.4 Å². The fourth-order valence-corrected chi connectivity index (χ4v) is 9.40. The number of hydroxylamine groups is 2. The maximum atomic E-state index is 14.2. The van der Waals surface area contributed by atoms with Gasteiger partial charge in [0.25, 0.3) is 11.1 Å². The first kappa shape index (κ1) is 59.0. The number of rotatable bonds is 23. The van der Waals surface area contributed by atoms with E-state index in [0.717, 1.165) is 12.8 Å². The first-order valence-electron chi connectivity index (χ1n) is 26.8. The molecular weight excluding hydrogens is 1030 g/mol. The Labute approximate surface area is 468 Å². The van der Waals surface area contributed by atoms with E-state index in [1.165, 1.54) is 0 Å². The Morgan fingerprint density at radius 3 is 1.31 bits per heavy atom. The van der Waals surface area contributed by atoms with Crippen LogP contribution in [0.25, 0.3) is 33.2 Å². The average molecular weight is 1100 g/mol. The zero-order valence-corrected chi connectivity index (χ0v) is 46.2. The van der Waals surface area contributed by atoms with Crippen LogP contribution < -0.4 is 43.3 Å². The molecule has 0 saturated carbocycles. The van der Waals surface area contributed by atoms with Gasteiger partial charge in [0.2, 0.25) is 11.8 Å². The van der Waals surface area contributed by atoms with Crippen molar-refractivity contribution in [3.63, 3.8) is 0 Å². The molecule has 8 N–H and O–H groups in total. The molecule has 0 aliphatic rings. The van der Waals surface area contributed by atoms with E-state index in [1.807, 2.05) is 105 Å². The van der Waals surface area contributed by atoms with Crippen LogP contribution in [0.5, 0.6) is 0 Å². The summed E-state index contributed by atoms with van der Waals surface area (Å²) in [6, 6.07) is 33.2. The number of amides is 2. The molecule has 8 aromatic rings. The number of para-hydroxylation sites is 2. The van der Waals surface area contributed by atoms with Gasteiger partial charge in [-0.05, 0) is 115 Å². The summed E-state index contributed by atoms with van der Waals surface area (Å²) >= 11 is 0. The first-order chi connectivity index (χ1) is 39.2. The molecule has 2 atom stereocenters. The summed E-state index contributed by atoms with van der Waals surface area (Å²) in [6.07, 6.45) is 5.09. The van der Waals surface area contributed by atoms with Gasteiger partial charge in [-0.15, -0.1) is 0 Å². The van der Waals surface area contributed by atoms with Gasteiger partial charge < -0.3 is 21.3 Å². The van der Waals surface area contributed by atoms with Gasteiger partial charge in [-0.1, -0.05) is 68.8 Å². The van der Waals surface area contributed by atoms with Crippen molar-refractivity contribution in [2.45, 2.75) is 111 Å². The molecule has 0 saturated heterocycles. The Morgan fingerprint density at radius 2 is 0.926 bits per heavy atom. The number of carbonyl (C=O) groups excluding carboxylic acids is 2. The topological polar surface area (TPSA) is 316 Å².